The van der Waals surface area contributed by atoms with E-state index < -0.39 is 97.5 Å². The van der Waals surface area contributed by atoms with Crippen LogP contribution in [0.25, 0.3) is 0 Å². The zero-order valence-corrected chi connectivity index (χ0v) is 69.7. The third-order valence-corrected chi connectivity index (χ3v) is 21.5. The van der Waals surface area contributed by atoms with Crippen LogP contribution in [0.2, 0.25) is 0 Å². The normalized spacial score (nSPS) is 14.0. The first-order valence-corrected chi connectivity index (χ1v) is 46.2. The van der Waals surface area contributed by atoms with Gasteiger partial charge in [0.15, 0.2) is 12.2 Å². The van der Waals surface area contributed by atoms with E-state index >= 15 is 0 Å². The number of carbonyl (C=O) groups excluding carboxylic acids is 4. The summed E-state index contributed by atoms with van der Waals surface area (Å²) in [4.78, 5) is 73.1. The molecule has 0 saturated heterocycles. The molecule has 0 bridgehead atoms. The predicted molar refractivity (Wildman–Crippen MR) is 423 cm³/mol. The molecule has 0 aliphatic rings. The Morgan fingerprint density at radius 1 is 0.243 bits per heavy atom. The van der Waals surface area contributed by atoms with Crippen molar-refractivity contribution in [2.45, 2.75) is 453 Å². The maximum atomic E-state index is 13.1. The standard InChI is InChI=1S/C84H164O17P2/c1-74(2)60-52-44-36-30-24-19-15-11-9-10-12-18-22-28-34-40-50-58-66-83(88)100-79(70-94-81(86)64-56-48-39-33-27-21-17-14-13-16-20-25-31-37-45-53-61-75(3)4)72-98-102(90,91)96-68-78(85)69-97-103(92,93)99-73-80(71-95-82(87)65-57-49-43-42-47-55-63-77(7)8)101-84(89)67-59-51-41-35-29-23-26-32-38-46-54-62-76(5)6/h74-80,85H,9-73H2,1-8H3,(H,90,91)(H,92,93)/t78-,79-,80-/m1/s1. The van der Waals surface area contributed by atoms with Crippen LogP contribution >= 0.6 is 15.6 Å². The van der Waals surface area contributed by atoms with Gasteiger partial charge in [0, 0.05) is 25.7 Å². The van der Waals surface area contributed by atoms with Crippen molar-refractivity contribution >= 4 is 39.5 Å². The number of rotatable bonds is 81. The molecule has 0 aromatic heterocycles. The molecule has 0 radical (unpaired) electrons. The average Bonchev–Trinajstić information content (AvgIpc) is 1.08. The van der Waals surface area contributed by atoms with Crippen LogP contribution in [0.3, 0.4) is 0 Å². The summed E-state index contributed by atoms with van der Waals surface area (Å²) < 4.78 is 68.8. The Bertz CT molecular complexity index is 2010. The van der Waals surface area contributed by atoms with Gasteiger partial charge in [-0.25, -0.2) is 9.13 Å². The van der Waals surface area contributed by atoms with Gasteiger partial charge in [-0.3, -0.25) is 37.3 Å². The molecule has 0 fully saturated rings. The van der Waals surface area contributed by atoms with Crippen LogP contribution in [-0.2, 0) is 65.4 Å². The topological polar surface area (TPSA) is 237 Å². The molecule has 103 heavy (non-hydrogen) atoms. The van der Waals surface area contributed by atoms with E-state index in [1.807, 2.05) is 0 Å². The van der Waals surface area contributed by atoms with Gasteiger partial charge >= 0.3 is 39.5 Å². The van der Waals surface area contributed by atoms with E-state index in [4.69, 9.17) is 37.0 Å². The number of aliphatic hydroxyl groups excluding tert-OH is 1. The number of esters is 4. The largest absolute Gasteiger partial charge is 0.472 e. The van der Waals surface area contributed by atoms with Crippen LogP contribution in [0, 0.1) is 23.7 Å². The van der Waals surface area contributed by atoms with Crippen molar-refractivity contribution in [3.63, 3.8) is 0 Å². The lowest BCUT2D eigenvalue weighted by atomic mass is 10.0. The minimum absolute atomic E-state index is 0.105. The molecule has 0 spiro atoms. The molecular formula is C84H164O17P2. The van der Waals surface area contributed by atoms with Crippen molar-refractivity contribution in [2.75, 3.05) is 39.6 Å². The minimum atomic E-state index is -4.97. The Balaban J connectivity index is 5.21. The molecule has 612 valence electrons. The maximum Gasteiger partial charge on any atom is 0.472 e. The van der Waals surface area contributed by atoms with Crippen LogP contribution in [0.15, 0.2) is 0 Å². The minimum Gasteiger partial charge on any atom is -0.462 e. The van der Waals surface area contributed by atoms with Crippen molar-refractivity contribution < 1.29 is 80.2 Å². The van der Waals surface area contributed by atoms with E-state index in [1.165, 1.54) is 231 Å². The summed E-state index contributed by atoms with van der Waals surface area (Å²) in [7, 11) is -9.92. The van der Waals surface area contributed by atoms with Crippen LogP contribution in [0.1, 0.15) is 434 Å². The zero-order chi connectivity index (χ0) is 76.0. The molecule has 0 amide bonds. The van der Waals surface area contributed by atoms with Crippen molar-refractivity contribution in [1.82, 2.24) is 0 Å². The smallest absolute Gasteiger partial charge is 0.462 e. The molecule has 2 unspecified atom stereocenters. The van der Waals surface area contributed by atoms with Gasteiger partial charge in [-0.2, -0.15) is 0 Å². The fourth-order valence-corrected chi connectivity index (χ4v) is 14.5. The molecule has 0 aliphatic carbocycles. The van der Waals surface area contributed by atoms with Gasteiger partial charge in [0.2, 0.25) is 0 Å². The Morgan fingerprint density at radius 3 is 0.602 bits per heavy atom. The highest BCUT2D eigenvalue weighted by Gasteiger charge is 2.30. The molecule has 5 atom stereocenters. The Labute approximate surface area is 632 Å². The van der Waals surface area contributed by atoms with Crippen LogP contribution in [0.5, 0.6) is 0 Å². The van der Waals surface area contributed by atoms with Crippen molar-refractivity contribution in [2.24, 2.45) is 23.7 Å². The van der Waals surface area contributed by atoms with Crippen LogP contribution in [0.4, 0.5) is 0 Å². The summed E-state index contributed by atoms with van der Waals surface area (Å²) in [5.74, 6) is 0.965. The first-order valence-electron chi connectivity index (χ1n) is 43.2. The molecule has 17 nitrogen and oxygen atoms in total. The third kappa shape index (κ3) is 78.0. The van der Waals surface area contributed by atoms with E-state index in [2.05, 4.69) is 55.4 Å². The van der Waals surface area contributed by atoms with Crippen molar-refractivity contribution in [3.05, 3.63) is 0 Å². The number of phosphoric acid groups is 2. The summed E-state index contributed by atoms with van der Waals surface area (Å²) in [6, 6.07) is 0. The van der Waals surface area contributed by atoms with Gasteiger partial charge in [0.25, 0.3) is 0 Å². The van der Waals surface area contributed by atoms with Gasteiger partial charge in [-0.1, -0.05) is 383 Å². The lowest BCUT2D eigenvalue weighted by Gasteiger charge is -2.21. The number of ether oxygens (including phenoxy) is 4. The zero-order valence-electron chi connectivity index (χ0n) is 68.0. The SMILES string of the molecule is CC(C)CCCCCCCCCCCCCCCCCCCCC(=O)O[C@H](COC(=O)CCCCCCCCCCCCCCCCCCC(C)C)COP(=O)(O)OC[C@@H](O)COP(=O)(O)OC[C@@H](COC(=O)CCCCCCCCC(C)C)OC(=O)CCCCCCCCCCCCCC(C)C. The summed E-state index contributed by atoms with van der Waals surface area (Å²) in [6.45, 7) is 14.2. The Morgan fingerprint density at radius 2 is 0.408 bits per heavy atom. The third-order valence-electron chi connectivity index (χ3n) is 19.6. The first kappa shape index (κ1) is 101. The van der Waals surface area contributed by atoms with Gasteiger partial charge in [0.1, 0.15) is 19.3 Å². The van der Waals surface area contributed by atoms with Crippen molar-refractivity contribution in [3.8, 4) is 0 Å². The number of phosphoric ester groups is 2. The Kier molecular flexibility index (Phi) is 71.5. The van der Waals surface area contributed by atoms with Crippen LogP contribution in [-0.4, -0.2) is 96.7 Å². The number of hydrogen-bond donors (Lipinski definition) is 3. The quantitative estimate of drug-likeness (QED) is 0.0222. The molecule has 0 aromatic rings. The van der Waals surface area contributed by atoms with Crippen LogP contribution < -0.4 is 0 Å². The predicted octanol–water partition coefficient (Wildman–Crippen LogP) is 25.2. The average molecular weight is 1510 g/mol. The number of carbonyl (C=O) groups is 4. The summed E-state index contributed by atoms with van der Waals surface area (Å²) in [5, 5.41) is 10.7. The fourth-order valence-electron chi connectivity index (χ4n) is 13.0. The highest BCUT2D eigenvalue weighted by Crippen LogP contribution is 2.45. The Hall–Kier alpha value is -1.94. The van der Waals surface area contributed by atoms with Crippen molar-refractivity contribution in [1.29, 1.82) is 0 Å². The monoisotopic (exact) mass is 1510 g/mol. The second kappa shape index (κ2) is 72.9. The maximum absolute atomic E-state index is 13.1. The summed E-state index contributed by atoms with van der Waals surface area (Å²) in [6.07, 6.45) is 61.3. The lowest BCUT2D eigenvalue weighted by Crippen LogP contribution is -2.30. The number of unbranched alkanes of at least 4 members (excludes halogenated alkanes) is 47. The molecule has 19 heteroatoms. The van der Waals surface area contributed by atoms with Gasteiger partial charge < -0.3 is 33.8 Å². The molecular weight excluding hydrogens is 1340 g/mol. The highest BCUT2D eigenvalue weighted by molar-refractivity contribution is 7.47. The molecule has 3 N–H and O–H groups in total. The lowest BCUT2D eigenvalue weighted by molar-refractivity contribution is -0.161. The van der Waals surface area contributed by atoms with Gasteiger partial charge in [-0.05, 0) is 49.4 Å². The fraction of sp³-hybridized carbons (Fsp3) is 0.952. The number of aliphatic hydroxyl groups is 1. The molecule has 0 aromatic carbocycles. The van der Waals surface area contributed by atoms with Gasteiger partial charge in [-0.15, -0.1) is 0 Å². The molecule has 0 aliphatic heterocycles. The number of hydrogen-bond acceptors (Lipinski definition) is 15. The van der Waals surface area contributed by atoms with E-state index in [0.29, 0.717) is 31.6 Å². The molecule has 0 saturated carbocycles. The van der Waals surface area contributed by atoms with E-state index in [9.17, 15) is 43.2 Å². The second-order valence-electron chi connectivity index (χ2n) is 32.1. The highest BCUT2D eigenvalue weighted by atomic mass is 31.2. The summed E-state index contributed by atoms with van der Waals surface area (Å²) in [5.41, 5.74) is 0. The second-order valence-corrected chi connectivity index (χ2v) is 35.0. The molecule has 0 heterocycles. The van der Waals surface area contributed by atoms with Gasteiger partial charge in [0.05, 0.1) is 26.4 Å². The van der Waals surface area contributed by atoms with E-state index in [-0.39, 0.29) is 25.7 Å². The summed E-state index contributed by atoms with van der Waals surface area (Å²) >= 11 is 0. The van der Waals surface area contributed by atoms with E-state index in [0.717, 1.165) is 114 Å². The first-order chi connectivity index (χ1) is 49.6. The van der Waals surface area contributed by atoms with E-state index in [1.54, 1.807) is 0 Å². The molecule has 0 rings (SSSR count).